The van der Waals surface area contributed by atoms with Crippen LogP contribution >= 0.6 is 11.8 Å². The van der Waals surface area contributed by atoms with Crippen molar-refractivity contribution in [1.82, 2.24) is 5.32 Å². The van der Waals surface area contributed by atoms with Gasteiger partial charge < -0.3 is 39.4 Å². The number of thioether (sulfide) groups is 1. The minimum absolute atomic E-state index is 0. The third-order valence-corrected chi connectivity index (χ3v) is 7.66. The number of fused-ring (bicyclic) bond motifs is 1. The fourth-order valence-electron chi connectivity index (χ4n) is 4.20. The number of phenolic OH excluding ortho intramolecular Hbond substituents is 2. The molecule has 0 saturated carbocycles. The Morgan fingerprint density at radius 2 is 1.82 bits per heavy atom. The number of amides is 2. The van der Waals surface area contributed by atoms with Crippen LogP contribution in [0.3, 0.4) is 0 Å². The van der Waals surface area contributed by atoms with Crippen LogP contribution < -0.4 is 29.2 Å². The van der Waals surface area contributed by atoms with Gasteiger partial charge in [-0.1, -0.05) is 32.0 Å². The van der Waals surface area contributed by atoms with Crippen LogP contribution in [0.4, 0.5) is 0 Å². The number of phenols is 2. The van der Waals surface area contributed by atoms with Gasteiger partial charge in [0, 0.05) is 24.0 Å². The Hall–Kier alpha value is -2.42. The lowest BCUT2D eigenvalue weighted by Crippen LogP contribution is -3.00. The molecule has 7 nitrogen and oxygen atoms in total. The predicted octanol–water partition coefficient (Wildman–Crippen LogP) is -1.75. The number of carbonyl (C=O) groups is 2. The molecule has 8 N–H and O–H groups in total. The SMILES string of the molecule is CC1(C)c2cc(O)ccc2CC(SCCC(=O)NC(Cc2ccc(O)cc2)C(N)=O)C1[NH3+].[Cl-]. The van der Waals surface area contributed by atoms with E-state index in [1.54, 1.807) is 30.0 Å². The fraction of sp³-hybridized carbons (Fsp3) is 0.417. The number of carbonyl (C=O) groups excluding carboxylic acids is 2. The zero-order valence-corrected chi connectivity index (χ0v) is 20.5. The van der Waals surface area contributed by atoms with E-state index >= 15 is 0 Å². The van der Waals surface area contributed by atoms with E-state index in [1.165, 1.54) is 17.7 Å². The minimum Gasteiger partial charge on any atom is -1.00 e. The molecule has 3 rings (SSSR count). The standard InChI is InChI=1S/C24H31N3O4S.ClH/c1-24(2)18-13-17(29)8-5-15(18)12-20(22(24)25)32-10-9-21(30)27-19(23(26)31)11-14-3-6-16(28)7-4-14;/h3-8,13,19-20,22,28-29H,9-12,25H2,1-2H3,(H2,26,31)(H,27,30);1H. The molecule has 9 heteroatoms. The van der Waals surface area contributed by atoms with Gasteiger partial charge in [-0.2, -0.15) is 11.8 Å². The first-order chi connectivity index (χ1) is 15.1. The highest BCUT2D eigenvalue weighted by atomic mass is 35.5. The molecule has 3 atom stereocenters. The van der Waals surface area contributed by atoms with E-state index in [4.69, 9.17) is 5.73 Å². The monoisotopic (exact) mass is 493 g/mol. The number of hydrogen-bond donors (Lipinski definition) is 5. The molecule has 3 unspecified atom stereocenters. The fourth-order valence-corrected chi connectivity index (χ4v) is 5.68. The second-order valence-corrected chi connectivity index (χ2v) is 10.3. The molecule has 0 fully saturated rings. The first-order valence-corrected chi connectivity index (χ1v) is 11.8. The van der Waals surface area contributed by atoms with Crippen LogP contribution in [0.15, 0.2) is 42.5 Å². The molecular weight excluding hydrogens is 462 g/mol. The van der Waals surface area contributed by atoms with Gasteiger partial charge in [-0.05, 0) is 47.4 Å². The van der Waals surface area contributed by atoms with Gasteiger partial charge >= 0.3 is 0 Å². The van der Waals surface area contributed by atoms with Crippen LogP contribution in [-0.4, -0.2) is 45.1 Å². The largest absolute Gasteiger partial charge is 1.00 e. The maximum absolute atomic E-state index is 12.5. The van der Waals surface area contributed by atoms with E-state index in [0.717, 1.165) is 17.5 Å². The summed E-state index contributed by atoms with van der Waals surface area (Å²) in [6, 6.07) is 11.3. The van der Waals surface area contributed by atoms with Crippen molar-refractivity contribution in [3.8, 4) is 11.5 Å². The van der Waals surface area contributed by atoms with Crippen molar-refractivity contribution >= 4 is 23.6 Å². The summed E-state index contributed by atoms with van der Waals surface area (Å²) in [7, 11) is 0. The Morgan fingerprint density at radius 3 is 2.45 bits per heavy atom. The normalized spacial score (nSPS) is 19.6. The smallest absolute Gasteiger partial charge is 0.240 e. The molecule has 2 aromatic rings. The van der Waals surface area contributed by atoms with Gasteiger partial charge in [0.1, 0.15) is 23.6 Å². The van der Waals surface area contributed by atoms with Crippen LogP contribution in [0.5, 0.6) is 11.5 Å². The number of aromatic hydroxyl groups is 2. The molecule has 0 bridgehead atoms. The van der Waals surface area contributed by atoms with Gasteiger partial charge in [-0.3, -0.25) is 9.59 Å². The number of quaternary nitrogens is 1. The summed E-state index contributed by atoms with van der Waals surface area (Å²) in [5.41, 5.74) is 12.8. The van der Waals surface area contributed by atoms with Crippen molar-refractivity contribution in [2.45, 2.75) is 55.9 Å². The van der Waals surface area contributed by atoms with E-state index in [2.05, 4.69) is 24.9 Å². The zero-order chi connectivity index (χ0) is 23.5. The Kier molecular flexibility index (Phi) is 9.05. The topological polar surface area (TPSA) is 140 Å². The van der Waals surface area contributed by atoms with Gasteiger partial charge in [-0.15, -0.1) is 0 Å². The Morgan fingerprint density at radius 1 is 1.18 bits per heavy atom. The first kappa shape index (κ1) is 26.8. The molecule has 0 radical (unpaired) electrons. The van der Waals surface area contributed by atoms with E-state index in [0.29, 0.717) is 5.75 Å². The van der Waals surface area contributed by atoms with E-state index in [1.807, 2.05) is 12.1 Å². The molecule has 0 aliphatic heterocycles. The molecule has 2 aromatic carbocycles. The minimum atomic E-state index is -0.800. The van der Waals surface area contributed by atoms with Crippen molar-refractivity contribution in [3.63, 3.8) is 0 Å². The summed E-state index contributed by atoms with van der Waals surface area (Å²) < 4.78 is 0. The highest BCUT2D eigenvalue weighted by Gasteiger charge is 2.43. The number of halogens is 1. The number of benzene rings is 2. The summed E-state index contributed by atoms with van der Waals surface area (Å²) >= 11 is 1.72. The third-order valence-electron chi connectivity index (χ3n) is 6.30. The Labute approximate surface area is 204 Å². The van der Waals surface area contributed by atoms with Gasteiger partial charge in [-0.25, -0.2) is 0 Å². The highest BCUT2D eigenvalue weighted by molar-refractivity contribution is 8.00. The summed E-state index contributed by atoms with van der Waals surface area (Å²) in [5, 5.41) is 22.2. The number of nitrogens with one attached hydrogen (secondary N) is 1. The lowest BCUT2D eigenvalue weighted by molar-refractivity contribution is -0.435. The maximum Gasteiger partial charge on any atom is 0.240 e. The van der Waals surface area contributed by atoms with Crippen molar-refractivity contribution < 1.29 is 37.9 Å². The van der Waals surface area contributed by atoms with Crippen molar-refractivity contribution in [2.24, 2.45) is 5.73 Å². The molecular formula is C24H32ClN3O4S. The van der Waals surface area contributed by atoms with Gasteiger partial charge in [0.2, 0.25) is 11.8 Å². The maximum atomic E-state index is 12.5. The summed E-state index contributed by atoms with van der Waals surface area (Å²) in [6.07, 6.45) is 1.39. The van der Waals surface area contributed by atoms with Gasteiger partial charge in [0.15, 0.2) is 0 Å². The van der Waals surface area contributed by atoms with E-state index in [9.17, 15) is 19.8 Å². The van der Waals surface area contributed by atoms with E-state index in [-0.39, 0.29) is 59.4 Å². The van der Waals surface area contributed by atoms with Crippen molar-refractivity contribution in [1.29, 1.82) is 0 Å². The van der Waals surface area contributed by atoms with Gasteiger partial charge in [0.05, 0.1) is 5.25 Å². The van der Waals surface area contributed by atoms with E-state index < -0.39 is 11.9 Å². The van der Waals surface area contributed by atoms with Gasteiger partial charge in [0.25, 0.3) is 0 Å². The molecule has 2 amide bonds. The molecule has 1 aliphatic rings. The lowest BCUT2D eigenvalue weighted by Gasteiger charge is -2.40. The summed E-state index contributed by atoms with van der Waals surface area (Å²) in [5.74, 6) is 0.200. The molecule has 0 saturated heterocycles. The van der Waals surface area contributed by atoms with Crippen molar-refractivity contribution in [3.05, 3.63) is 59.2 Å². The second-order valence-electron chi connectivity index (χ2n) is 8.93. The van der Waals surface area contributed by atoms with Crippen LogP contribution in [0.2, 0.25) is 0 Å². The predicted molar refractivity (Wildman–Crippen MR) is 125 cm³/mol. The number of nitrogens with two attached hydrogens (primary N) is 1. The average Bonchev–Trinajstić information content (AvgIpc) is 2.73. The second kappa shape index (κ2) is 11.1. The number of rotatable bonds is 8. The molecule has 33 heavy (non-hydrogen) atoms. The lowest BCUT2D eigenvalue weighted by atomic mass is 9.69. The zero-order valence-electron chi connectivity index (χ0n) is 18.9. The quantitative estimate of drug-likeness (QED) is 0.296. The summed E-state index contributed by atoms with van der Waals surface area (Å²) in [4.78, 5) is 24.3. The Balaban J connectivity index is 0.00000385. The molecule has 0 aromatic heterocycles. The molecule has 0 heterocycles. The average molecular weight is 494 g/mol. The van der Waals surface area contributed by atoms with Crippen LogP contribution in [0.1, 0.15) is 37.0 Å². The Bertz CT molecular complexity index is 984. The highest BCUT2D eigenvalue weighted by Crippen LogP contribution is 2.40. The molecule has 1 aliphatic carbocycles. The number of hydrogen-bond acceptors (Lipinski definition) is 5. The summed E-state index contributed by atoms with van der Waals surface area (Å²) in [6.45, 7) is 4.28. The molecule has 180 valence electrons. The number of primary amides is 1. The first-order valence-electron chi connectivity index (χ1n) is 10.7. The molecule has 0 spiro atoms. The third kappa shape index (κ3) is 6.56. The van der Waals surface area contributed by atoms with Crippen LogP contribution in [-0.2, 0) is 27.8 Å². The van der Waals surface area contributed by atoms with Crippen LogP contribution in [0.25, 0.3) is 0 Å². The van der Waals surface area contributed by atoms with Crippen molar-refractivity contribution in [2.75, 3.05) is 5.75 Å². The van der Waals surface area contributed by atoms with Crippen LogP contribution in [0, 0.1) is 0 Å².